The number of hydrogen-bond donors (Lipinski definition) is 1. The Bertz CT molecular complexity index is 154. The third kappa shape index (κ3) is 6.87. The van der Waals surface area contributed by atoms with E-state index in [9.17, 15) is 0 Å². The normalized spacial score (nSPS) is 11.4. The Morgan fingerprint density at radius 2 is 1.57 bits per heavy atom. The minimum Gasteiger partial charge on any atom is -0.870 e. The highest BCUT2D eigenvalue weighted by Crippen LogP contribution is 1.89. The van der Waals surface area contributed by atoms with Gasteiger partial charge in [0.15, 0.2) is 0 Å². The average molecular weight is 199 g/mol. The third-order valence-corrected chi connectivity index (χ3v) is 2.18. The molecule has 0 fully saturated rings. The molecule has 84 valence electrons. The summed E-state index contributed by atoms with van der Waals surface area (Å²) in [5.74, 6) is 0. The number of hydrogen-bond acceptors (Lipinski definition) is 1. The first-order chi connectivity index (χ1) is 6.09. The van der Waals surface area contributed by atoms with Crippen molar-refractivity contribution >= 4 is 0 Å². The largest absolute Gasteiger partial charge is 0.870 e. The smallest absolute Gasteiger partial charge is 0.0905 e. The lowest BCUT2D eigenvalue weighted by molar-refractivity contribution is -0.892. The average Bonchev–Trinajstić information content (AvgIpc) is 2.02. The molecule has 0 aromatic carbocycles. The van der Waals surface area contributed by atoms with Crippen molar-refractivity contribution in [2.24, 2.45) is 0 Å². The van der Waals surface area contributed by atoms with E-state index < -0.39 is 0 Å². The molecule has 0 saturated heterocycles. The van der Waals surface area contributed by atoms with Crippen molar-refractivity contribution in [2.75, 3.05) is 0 Å². The first-order valence-electron chi connectivity index (χ1n) is 5.23. The highest BCUT2D eigenvalue weighted by atomic mass is 16.0. The van der Waals surface area contributed by atoms with Crippen LogP contribution in [0.25, 0.3) is 0 Å². The molecule has 2 nitrogen and oxygen atoms in total. The minimum atomic E-state index is 0. The summed E-state index contributed by atoms with van der Waals surface area (Å²) in [6.07, 6.45) is 8.72. The molecule has 0 atom stereocenters. The van der Waals surface area contributed by atoms with Crippen molar-refractivity contribution in [3.63, 3.8) is 0 Å². The number of quaternary nitrogens is 1. The van der Waals surface area contributed by atoms with E-state index >= 15 is 0 Å². The van der Waals surface area contributed by atoms with Crippen molar-refractivity contribution < 1.29 is 10.4 Å². The Balaban J connectivity index is 0. The van der Waals surface area contributed by atoms with Crippen LogP contribution in [0.15, 0.2) is 24.9 Å². The fraction of sp³-hybridized carbons (Fsp3) is 0.667. The topological polar surface area (TPSA) is 34.4 Å². The quantitative estimate of drug-likeness (QED) is 0.515. The van der Waals surface area contributed by atoms with Gasteiger partial charge in [0.1, 0.15) is 0 Å². The van der Waals surface area contributed by atoms with Gasteiger partial charge in [-0.05, 0) is 46.6 Å². The van der Waals surface area contributed by atoms with Gasteiger partial charge in [-0.3, -0.25) is 0 Å². The van der Waals surface area contributed by atoms with E-state index in [0.717, 1.165) is 12.8 Å². The lowest BCUT2D eigenvalue weighted by Gasteiger charge is -2.22. The van der Waals surface area contributed by atoms with Gasteiger partial charge in [0.2, 0.25) is 0 Å². The van der Waals surface area contributed by atoms with Gasteiger partial charge < -0.3 is 10.4 Å². The molecule has 0 heterocycles. The summed E-state index contributed by atoms with van der Waals surface area (Å²) in [7, 11) is 0. The van der Waals surface area contributed by atoms with E-state index in [1.54, 1.807) is 4.90 Å². The predicted octanol–water partition coefficient (Wildman–Crippen LogP) is 1.99. The maximum absolute atomic E-state index is 3.71. The molecular weight excluding hydrogens is 174 g/mol. The predicted molar refractivity (Wildman–Crippen MR) is 61.7 cm³/mol. The Morgan fingerprint density at radius 3 is 1.93 bits per heavy atom. The van der Waals surface area contributed by atoms with Gasteiger partial charge in [0.25, 0.3) is 0 Å². The zero-order chi connectivity index (χ0) is 10.3. The van der Waals surface area contributed by atoms with Crippen LogP contribution in [0.4, 0.5) is 0 Å². The SMILES string of the molecule is C=CCCC=C[NH+](C(C)C)C(C)C.[OH-]. The van der Waals surface area contributed by atoms with Crippen LogP contribution < -0.4 is 4.90 Å². The van der Waals surface area contributed by atoms with Gasteiger partial charge >= 0.3 is 0 Å². The number of unbranched alkanes of at least 4 members (excludes halogenated alkanes) is 1. The van der Waals surface area contributed by atoms with Gasteiger partial charge in [-0.25, -0.2) is 0 Å². The summed E-state index contributed by atoms with van der Waals surface area (Å²) < 4.78 is 0. The summed E-state index contributed by atoms with van der Waals surface area (Å²) in [5.41, 5.74) is 0. The third-order valence-electron chi connectivity index (χ3n) is 2.18. The van der Waals surface area contributed by atoms with E-state index in [0.29, 0.717) is 12.1 Å². The van der Waals surface area contributed by atoms with Gasteiger partial charge in [-0.1, -0.05) is 6.08 Å². The Hall–Kier alpha value is -0.600. The molecule has 0 aromatic rings. The van der Waals surface area contributed by atoms with Gasteiger partial charge in [-0.2, -0.15) is 0 Å². The Labute approximate surface area is 88.6 Å². The van der Waals surface area contributed by atoms with Gasteiger partial charge in [0, 0.05) is 0 Å². The number of allylic oxidation sites excluding steroid dienone is 2. The highest BCUT2D eigenvalue weighted by molar-refractivity contribution is 4.78. The maximum atomic E-state index is 3.71. The van der Waals surface area contributed by atoms with Crippen LogP contribution in [0.2, 0.25) is 0 Å². The lowest BCUT2D eigenvalue weighted by atomic mass is 10.2. The molecule has 0 aliphatic heterocycles. The molecule has 0 amide bonds. The van der Waals surface area contributed by atoms with Crippen molar-refractivity contribution in [2.45, 2.75) is 52.6 Å². The second-order valence-electron chi connectivity index (χ2n) is 4.08. The summed E-state index contributed by atoms with van der Waals surface area (Å²) in [6, 6.07) is 1.33. The van der Waals surface area contributed by atoms with Crippen LogP contribution in [-0.4, -0.2) is 17.6 Å². The first-order valence-corrected chi connectivity index (χ1v) is 5.23. The summed E-state index contributed by atoms with van der Waals surface area (Å²) >= 11 is 0. The molecule has 0 saturated carbocycles. The molecule has 0 spiro atoms. The molecule has 0 bridgehead atoms. The fourth-order valence-corrected chi connectivity index (χ4v) is 1.49. The monoisotopic (exact) mass is 199 g/mol. The van der Waals surface area contributed by atoms with Crippen LogP contribution in [0, 0.1) is 0 Å². The maximum Gasteiger partial charge on any atom is 0.0905 e. The molecule has 0 aliphatic carbocycles. The first kappa shape index (κ1) is 15.9. The molecule has 2 heteroatoms. The molecule has 0 unspecified atom stereocenters. The zero-order valence-corrected chi connectivity index (χ0v) is 9.96. The second kappa shape index (κ2) is 8.97. The van der Waals surface area contributed by atoms with Crippen molar-refractivity contribution in [1.82, 2.24) is 0 Å². The molecular formula is C12H25NO. The highest BCUT2D eigenvalue weighted by Gasteiger charge is 2.12. The van der Waals surface area contributed by atoms with Crippen LogP contribution in [0.1, 0.15) is 40.5 Å². The van der Waals surface area contributed by atoms with E-state index in [-0.39, 0.29) is 5.48 Å². The Kier molecular flexibility index (Phi) is 10.2. The van der Waals surface area contributed by atoms with Crippen LogP contribution in [0.3, 0.4) is 0 Å². The van der Waals surface area contributed by atoms with Gasteiger partial charge in [0.05, 0.1) is 18.3 Å². The summed E-state index contributed by atoms with van der Waals surface area (Å²) in [4.78, 5) is 1.55. The van der Waals surface area contributed by atoms with Crippen molar-refractivity contribution in [3.8, 4) is 0 Å². The molecule has 0 radical (unpaired) electrons. The van der Waals surface area contributed by atoms with Gasteiger partial charge in [-0.15, -0.1) is 6.58 Å². The molecule has 0 aliphatic rings. The van der Waals surface area contributed by atoms with E-state index in [1.165, 1.54) is 0 Å². The zero-order valence-electron chi connectivity index (χ0n) is 9.96. The van der Waals surface area contributed by atoms with E-state index in [1.807, 2.05) is 6.08 Å². The van der Waals surface area contributed by atoms with Crippen molar-refractivity contribution in [1.29, 1.82) is 0 Å². The van der Waals surface area contributed by atoms with Crippen LogP contribution >= 0.6 is 0 Å². The molecule has 0 aromatic heterocycles. The standard InChI is InChI=1S/C12H23N.H2O/c1-6-7-8-9-10-13(11(2)3)12(4)5;/h6,9-12H,1,7-8H2,2-5H3;1H2. The molecule has 0 rings (SSSR count). The lowest BCUT2D eigenvalue weighted by Crippen LogP contribution is -3.13. The van der Waals surface area contributed by atoms with Crippen LogP contribution in [0.5, 0.6) is 0 Å². The number of rotatable bonds is 6. The van der Waals surface area contributed by atoms with Crippen molar-refractivity contribution in [3.05, 3.63) is 24.9 Å². The molecule has 14 heavy (non-hydrogen) atoms. The van der Waals surface area contributed by atoms with E-state index in [4.69, 9.17) is 0 Å². The second-order valence-corrected chi connectivity index (χ2v) is 4.08. The van der Waals surface area contributed by atoms with E-state index in [2.05, 4.69) is 46.5 Å². The fourth-order valence-electron chi connectivity index (χ4n) is 1.49. The number of nitrogens with one attached hydrogen (secondary N) is 1. The Morgan fingerprint density at radius 1 is 1.07 bits per heavy atom. The minimum absolute atomic E-state index is 0. The summed E-state index contributed by atoms with van der Waals surface area (Å²) in [6.45, 7) is 12.7. The molecule has 2 N–H and O–H groups in total. The summed E-state index contributed by atoms with van der Waals surface area (Å²) in [5, 5.41) is 0. The van der Waals surface area contributed by atoms with Crippen LogP contribution in [-0.2, 0) is 0 Å².